The van der Waals surface area contributed by atoms with Crippen LogP contribution in [0.25, 0.3) is 0 Å². The minimum absolute atomic E-state index is 0.628. The predicted molar refractivity (Wildman–Crippen MR) is 73.2 cm³/mol. The van der Waals surface area contributed by atoms with Crippen molar-refractivity contribution in [3.05, 3.63) is 36.4 Å². The van der Waals surface area contributed by atoms with Crippen LogP contribution in [0.15, 0.2) is 30.9 Å². The molecule has 0 amide bonds. The molecule has 0 aliphatic rings. The molecule has 0 bridgehead atoms. The van der Waals surface area contributed by atoms with E-state index in [0.717, 1.165) is 12.0 Å². The topological polar surface area (TPSA) is 36.9 Å². The average molecular weight is 268 g/mol. The van der Waals surface area contributed by atoms with Gasteiger partial charge in [0.2, 0.25) is 0 Å². The van der Waals surface area contributed by atoms with Crippen LogP contribution in [-0.2, 0) is 15.3 Å². The fourth-order valence-electron chi connectivity index (χ4n) is 1.46. The molecule has 0 saturated heterocycles. The molecule has 0 heterocycles. The molecule has 0 unspecified atom stereocenters. The van der Waals surface area contributed by atoms with Crippen molar-refractivity contribution >= 4 is 8.80 Å². The molecule has 0 N–H and O–H groups in total. The molecule has 0 aliphatic carbocycles. The summed E-state index contributed by atoms with van der Waals surface area (Å²) in [5, 5.41) is 0. The van der Waals surface area contributed by atoms with Crippen molar-refractivity contribution in [2.24, 2.45) is 0 Å². The molecule has 1 aromatic rings. The Morgan fingerprint density at radius 2 is 1.83 bits per heavy atom. The SMILES string of the molecule is C=CCc1ccc(O[Si](C)(OC)OC)c(OC)c1. The lowest BCUT2D eigenvalue weighted by Crippen LogP contribution is -2.43. The Kier molecular flexibility index (Phi) is 5.40. The van der Waals surface area contributed by atoms with E-state index in [1.165, 1.54) is 0 Å². The molecule has 100 valence electrons. The van der Waals surface area contributed by atoms with Gasteiger partial charge in [-0.15, -0.1) is 6.58 Å². The lowest BCUT2D eigenvalue weighted by Gasteiger charge is -2.24. The molecule has 1 rings (SSSR count). The predicted octanol–water partition coefficient (Wildman–Crippen LogP) is 2.66. The summed E-state index contributed by atoms with van der Waals surface area (Å²) in [5.41, 5.74) is 1.12. The highest BCUT2D eigenvalue weighted by Gasteiger charge is 2.35. The van der Waals surface area contributed by atoms with E-state index in [0.29, 0.717) is 11.5 Å². The van der Waals surface area contributed by atoms with Crippen LogP contribution in [0.4, 0.5) is 0 Å². The number of ether oxygens (including phenoxy) is 1. The minimum Gasteiger partial charge on any atom is -0.497 e. The van der Waals surface area contributed by atoms with Crippen LogP contribution in [0.3, 0.4) is 0 Å². The number of rotatable bonds is 7. The van der Waals surface area contributed by atoms with Gasteiger partial charge in [-0.3, -0.25) is 0 Å². The Hall–Kier alpha value is -1.30. The fraction of sp³-hybridized carbons (Fsp3) is 0.385. The lowest BCUT2D eigenvalue weighted by molar-refractivity contribution is 0.167. The van der Waals surface area contributed by atoms with E-state index in [4.69, 9.17) is 18.0 Å². The maximum atomic E-state index is 5.80. The minimum atomic E-state index is -2.62. The molecule has 0 radical (unpaired) electrons. The molecule has 0 fully saturated rings. The standard InChI is InChI=1S/C13H20O4Si/c1-6-7-11-8-9-12(13(10-11)14-2)17-18(5,15-3)16-4/h6,8-10H,1,7H2,2-5H3. The molecular weight excluding hydrogens is 248 g/mol. The van der Waals surface area contributed by atoms with Gasteiger partial charge in [0.1, 0.15) is 5.75 Å². The Labute approximate surface area is 110 Å². The second kappa shape index (κ2) is 6.58. The van der Waals surface area contributed by atoms with Gasteiger partial charge in [-0.25, -0.2) is 0 Å². The van der Waals surface area contributed by atoms with Gasteiger partial charge in [-0.2, -0.15) is 0 Å². The molecule has 0 atom stereocenters. The third-order valence-corrected chi connectivity index (χ3v) is 4.72. The normalized spacial score (nSPS) is 11.1. The van der Waals surface area contributed by atoms with E-state index in [9.17, 15) is 0 Å². The zero-order chi connectivity index (χ0) is 13.6. The van der Waals surface area contributed by atoms with Gasteiger partial charge < -0.3 is 18.0 Å². The maximum absolute atomic E-state index is 5.80. The van der Waals surface area contributed by atoms with Crippen molar-refractivity contribution < 1.29 is 18.0 Å². The zero-order valence-corrected chi connectivity index (χ0v) is 12.4. The first-order chi connectivity index (χ1) is 8.58. The molecule has 0 saturated carbocycles. The molecule has 0 aliphatic heterocycles. The third kappa shape index (κ3) is 3.59. The number of benzene rings is 1. The van der Waals surface area contributed by atoms with Crippen LogP contribution in [0.1, 0.15) is 5.56 Å². The van der Waals surface area contributed by atoms with E-state index in [1.807, 2.05) is 30.8 Å². The lowest BCUT2D eigenvalue weighted by atomic mass is 10.1. The van der Waals surface area contributed by atoms with Gasteiger partial charge in [0, 0.05) is 20.8 Å². The second-order valence-electron chi connectivity index (χ2n) is 3.85. The van der Waals surface area contributed by atoms with Crippen LogP contribution in [-0.4, -0.2) is 30.1 Å². The average Bonchev–Trinajstić information content (AvgIpc) is 2.40. The highest BCUT2D eigenvalue weighted by atomic mass is 28.4. The summed E-state index contributed by atoms with van der Waals surface area (Å²) in [6.45, 7) is 5.54. The summed E-state index contributed by atoms with van der Waals surface area (Å²) in [5.74, 6) is 1.30. The van der Waals surface area contributed by atoms with Crippen LogP contribution in [0.2, 0.25) is 6.55 Å². The van der Waals surface area contributed by atoms with Crippen molar-refractivity contribution in [2.45, 2.75) is 13.0 Å². The van der Waals surface area contributed by atoms with E-state index in [2.05, 4.69) is 6.58 Å². The van der Waals surface area contributed by atoms with Crippen molar-refractivity contribution in [3.8, 4) is 11.5 Å². The van der Waals surface area contributed by atoms with Crippen molar-refractivity contribution in [1.82, 2.24) is 0 Å². The zero-order valence-electron chi connectivity index (χ0n) is 11.4. The quantitative estimate of drug-likeness (QED) is 0.563. The van der Waals surface area contributed by atoms with E-state index < -0.39 is 8.80 Å². The van der Waals surface area contributed by atoms with Gasteiger partial charge in [-0.05, 0) is 24.1 Å². The van der Waals surface area contributed by atoms with Crippen molar-refractivity contribution in [1.29, 1.82) is 0 Å². The fourth-order valence-corrected chi connectivity index (χ4v) is 2.36. The third-order valence-electron chi connectivity index (χ3n) is 2.65. The van der Waals surface area contributed by atoms with Crippen molar-refractivity contribution in [3.63, 3.8) is 0 Å². The highest BCUT2D eigenvalue weighted by molar-refractivity contribution is 6.59. The van der Waals surface area contributed by atoms with Gasteiger partial charge in [0.25, 0.3) is 0 Å². The van der Waals surface area contributed by atoms with E-state index in [1.54, 1.807) is 21.3 Å². The Balaban J connectivity index is 2.98. The van der Waals surface area contributed by atoms with Crippen LogP contribution in [0, 0.1) is 0 Å². The summed E-state index contributed by atoms with van der Waals surface area (Å²) < 4.78 is 21.7. The molecule has 1 aromatic carbocycles. The van der Waals surface area contributed by atoms with Crippen molar-refractivity contribution in [2.75, 3.05) is 21.3 Å². The summed E-state index contributed by atoms with van der Waals surface area (Å²) >= 11 is 0. The van der Waals surface area contributed by atoms with Gasteiger partial charge in [0.05, 0.1) is 7.11 Å². The molecule has 18 heavy (non-hydrogen) atoms. The smallest absolute Gasteiger partial charge is 0.497 e. The monoisotopic (exact) mass is 268 g/mol. The number of allylic oxidation sites excluding steroid dienone is 1. The first kappa shape index (κ1) is 14.8. The van der Waals surface area contributed by atoms with Crippen LogP contribution in [0.5, 0.6) is 11.5 Å². The number of methoxy groups -OCH3 is 1. The van der Waals surface area contributed by atoms with E-state index in [-0.39, 0.29) is 0 Å². The first-order valence-corrected chi connectivity index (χ1v) is 7.88. The van der Waals surface area contributed by atoms with Crippen LogP contribution < -0.4 is 9.16 Å². The summed E-state index contributed by atoms with van der Waals surface area (Å²) in [6, 6.07) is 5.76. The molecule has 4 nitrogen and oxygen atoms in total. The maximum Gasteiger partial charge on any atom is 0.562 e. The number of hydrogen-bond donors (Lipinski definition) is 0. The second-order valence-corrected chi connectivity index (χ2v) is 6.60. The van der Waals surface area contributed by atoms with Gasteiger partial charge in [-0.1, -0.05) is 12.1 Å². The largest absolute Gasteiger partial charge is 0.562 e. The summed E-state index contributed by atoms with van der Waals surface area (Å²) in [4.78, 5) is 0. The van der Waals surface area contributed by atoms with Gasteiger partial charge >= 0.3 is 8.80 Å². The summed E-state index contributed by atoms with van der Waals surface area (Å²) in [7, 11) is 2.14. The molecule has 0 aromatic heterocycles. The molecule has 5 heteroatoms. The number of hydrogen-bond acceptors (Lipinski definition) is 4. The van der Waals surface area contributed by atoms with E-state index >= 15 is 0 Å². The Morgan fingerprint density at radius 3 is 2.33 bits per heavy atom. The first-order valence-electron chi connectivity index (χ1n) is 5.65. The summed E-state index contributed by atoms with van der Waals surface area (Å²) in [6.07, 6.45) is 2.64. The molecule has 0 spiro atoms. The van der Waals surface area contributed by atoms with Crippen LogP contribution >= 0.6 is 0 Å². The Bertz CT molecular complexity index is 402. The van der Waals surface area contributed by atoms with Gasteiger partial charge in [0.15, 0.2) is 5.75 Å². The molecular formula is C13H20O4Si. The highest BCUT2D eigenvalue weighted by Crippen LogP contribution is 2.30. The Morgan fingerprint density at radius 1 is 1.17 bits per heavy atom.